The Hall–Kier alpha value is -4.81. The second-order valence-electron chi connectivity index (χ2n) is 5.78. The minimum absolute atomic E-state index is 0.0943. The Morgan fingerprint density at radius 2 is 1.58 bits per heavy atom. The predicted octanol–water partition coefficient (Wildman–Crippen LogP) is 1.30. The van der Waals surface area contributed by atoms with E-state index < -0.39 is 22.4 Å². The molecule has 2 aromatic heterocycles. The molecular weight excluding hydrogens is 408 g/mol. The third-order valence-corrected chi connectivity index (χ3v) is 3.84. The normalized spacial score (nSPS) is 9.97. The molecule has 0 aliphatic carbocycles. The van der Waals surface area contributed by atoms with E-state index in [1.165, 1.54) is 31.5 Å². The number of benzene rings is 1. The summed E-state index contributed by atoms with van der Waals surface area (Å²) in [5.41, 5.74) is 9.12. The summed E-state index contributed by atoms with van der Waals surface area (Å²) in [6.07, 6.45) is 2.44. The van der Waals surface area contributed by atoms with Crippen molar-refractivity contribution >= 4 is 29.1 Å². The van der Waals surface area contributed by atoms with Crippen LogP contribution in [0.25, 0.3) is 0 Å². The van der Waals surface area contributed by atoms with Gasteiger partial charge < -0.3 is 4.74 Å². The number of rotatable bonds is 8. The number of methoxy groups -OCH3 is 1. The Balaban J connectivity index is 1.71. The molecule has 158 valence electrons. The van der Waals surface area contributed by atoms with Crippen LogP contribution in [0.3, 0.4) is 0 Å². The summed E-state index contributed by atoms with van der Waals surface area (Å²) in [5.74, 6) is -1.22. The van der Waals surface area contributed by atoms with Crippen molar-refractivity contribution in [1.29, 1.82) is 0 Å². The van der Waals surface area contributed by atoms with Crippen LogP contribution >= 0.6 is 0 Å². The fourth-order valence-corrected chi connectivity index (χ4v) is 2.34. The third kappa shape index (κ3) is 5.17. The molecule has 13 nitrogen and oxygen atoms in total. The van der Waals surface area contributed by atoms with Crippen molar-refractivity contribution in [3.63, 3.8) is 0 Å². The molecule has 0 atom stereocenters. The van der Waals surface area contributed by atoms with E-state index in [0.29, 0.717) is 5.75 Å². The van der Waals surface area contributed by atoms with Gasteiger partial charge in [0.15, 0.2) is 0 Å². The first-order chi connectivity index (χ1) is 15.0. The van der Waals surface area contributed by atoms with Crippen LogP contribution in [0.5, 0.6) is 5.75 Å². The van der Waals surface area contributed by atoms with Gasteiger partial charge in [-0.2, -0.15) is 0 Å². The van der Waals surface area contributed by atoms with Gasteiger partial charge in [0.05, 0.1) is 12.0 Å². The highest BCUT2D eigenvalue weighted by Crippen LogP contribution is 2.27. The largest absolute Gasteiger partial charge is 0.497 e. The number of anilines is 2. The van der Waals surface area contributed by atoms with Crippen LogP contribution in [-0.2, 0) is 0 Å². The smallest absolute Gasteiger partial charge is 0.356 e. The van der Waals surface area contributed by atoms with Gasteiger partial charge in [-0.15, -0.1) is 0 Å². The van der Waals surface area contributed by atoms with E-state index in [4.69, 9.17) is 4.74 Å². The predicted molar refractivity (Wildman–Crippen MR) is 108 cm³/mol. The van der Waals surface area contributed by atoms with E-state index in [-0.39, 0.29) is 22.9 Å². The monoisotopic (exact) mass is 424 g/mol. The standard InChI is InChI=1S/C18H16N8O5/c1-31-12-7-5-11(6-8-12)17(27)24-22-15-14(26(29)30)16(21-10-20-15)23-25-18(28)13-4-2-3-9-19-13/h2-10H,1H3,(H,24,27)(H,25,28)(H2,20,21,22,23). The SMILES string of the molecule is COc1ccc(C(=O)NNc2ncnc(NNC(=O)c3ccccn3)c2[N+](=O)[O-])cc1. The van der Waals surface area contributed by atoms with E-state index in [2.05, 4.69) is 36.7 Å². The van der Waals surface area contributed by atoms with E-state index in [0.717, 1.165) is 6.33 Å². The number of amides is 2. The Bertz CT molecular complexity index is 1090. The summed E-state index contributed by atoms with van der Waals surface area (Å²) >= 11 is 0. The third-order valence-electron chi connectivity index (χ3n) is 3.84. The summed E-state index contributed by atoms with van der Waals surface area (Å²) in [4.78, 5) is 46.5. The zero-order chi connectivity index (χ0) is 22.2. The maximum absolute atomic E-state index is 12.2. The topological polar surface area (TPSA) is 173 Å². The zero-order valence-corrected chi connectivity index (χ0v) is 16.0. The Labute approximate surface area is 175 Å². The molecule has 0 aliphatic rings. The number of nitro groups is 1. The molecule has 3 aromatic rings. The lowest BCUT2D eigenvalue weighted by Crippen LogP contribution is -2.32. The molecule has 3 rings (SSSR count). The molecule has 0 unspecified atom stereocenters. The second kappa shape index (κ2) is 9.60. The number of carbonyl (C=O) groups excluding carboxylic acids is 2. The Morgan fingerprint density at radius 1 is 0.935 bits per heavy atom. The first-order valence-corrected chi connectivity index (χ1v) is 8.66. The summed E-state index contributed by atoms with van der Waals surface area (Å²) < 4.78 is 5.02. The summed E-state index contributed by atoms with van der Waals surface area (Å²) in [6, 6.07) is 10.9. The number of carbonyl (C=O) groups is 2. The van der Waals surface area contributed by atoms with Crippen LogP contribution in [0.4, 0.5) is 17.3 Å². The van der Waals surface area contributed by atoms with Crippen LogP contribution in [0.2, 0.25) is 0 Å². The lowest BCUT2D eigenvalue weighted by atomic mass is 10.2. The van der Waals surface area contributed by atoms with Gasteiger partial charge in [0.25, 0.3) is 11.8 Å². The molecule has 0 bridgehead atoms. The van der Waals surface area contributed by atoms with Gasteiger partial charge in [0, 0.05) is 11.8 Å². The second-order valence-corrected chi connectivity index (χ2v) is 5.78. The molecule has 2 heterocycles. The van der Waals surface area contributed by atoms with Gasteiger partial charge in [-0.25, -0.2) is 9.97 Å². The maximum atomic E-state index is 12.2. The highest BCUT2D eigenvalue weighted by atomic mass is 16.6. The molecule has 0 fully saturated rings. The minimum Gasteiger partial charge on any atom is -0.497 e. The van der Waals surface area contributed by atoms with Gasteiger partial charge in [0.1, 0.15) is 17.8 Å². The first-order valence-electron chi connectivity index (χ1n) is 8.66. The Kier molecular flexibility index (Phi) is 6.47. The van der Waals surface area contributed by atoms with Crippen LogP contribution in [-0.4, -0.2) is 38.8 Å². The van der Waals surface area contributed by atoms with E-state index in [1.54, 1.807) is 24.3 Å². The van der Waals surface area contributed by atoms with E-state index in [9.17, 15) is 19.7 Å². The molecule has 4 N–H and O–H groups in total. The number of nitrogens with one attached hydrogen (secondary N) is 4. The molecule has 0 radical (unpaired) electrons. The minimum atomic E-state index is -0.767. The first kappa shape index (κ1) is 20.9. The van der Waals surface area contributed by atoms with Crippen LogP contribution in [0, 0.1) is 10.1 Å². The summed E-state index contributed by atoms with van der Waals surface area (Å²) in [5, 5.41) is 11.5. The van der Waals surface area contributed by atoms with Crippen molar-refractivity contribution in [2.75, 3.05) is 18.0 Å². The van der Waals surface area contributed by atoms with Crippen molar-refractivity contribution < 1.29 is 19.2 Å². The lowest BCUT2D eigenvalue weighted by molar-refractivity contribution is -0.383. The molecule has 13 heteroatoms. The summed E-state index contributed by atoms with van der Waals surface area (Å²) in [7, 11) is 1.50. The van der Waals surface area contributed by atoms with Crippen LogP contribution in [0.1, 0.15) is 20.8 Å². The van der Waals surface area contributed by atoms with Crippen molar-refractivity contribution in [3.05, 3.63) is 76.4 Å². The van der Waals surface area contributed by atoms with Gasteiger partial charge in [0.2, 0.25) is 11.6 Å². The van der Waals surface area contributed by atoms with Crippen molar-refractivity contribution in [2.24, 2.45) is 0 Å². The highest BCUT2D eigenvalue weighted by Gasteiger charge is 2.24. The fraction of sp³-hybridized carbons (Fsp3) is 0.0556. The van der Waals surface area contributed by atoms with Gasteiger partial charge in [-0.3, -0.25) is 46.4 Å². The fourth-order valence-electron chi connectivity index (χ4n) is 2.34. The molecule has 0 spiro atoms. The molecule has 0 aliphatic heterocycles. The molecule has 2 amide bonds. The number of hydrogen-bond donors (Lipinski definition) is 4. The molecule has 31 heavy (non-hydrogen) atoms. The van der Waals surface area contributed by atoms with Gasteiger partial charge in [-0.05, 0) is 36.4 Å². The molecule has 0 saturated heterocycles. The van der Waals surface area contributed by atoms with Crippen molar-refractivity contribution in [3.8, 4) is 5.75 Å². The molecular formula is C18H16N8O5. The maximum Gasteiger partial charge on any atom is 0.356 e. The van der Waals surface area contributed by atoms with Gasteiger partial charge in [-0.1, -0.05) is 6.07 Å². The number of pyridine rings is 1. The number of hydrazine groups is 2. The van der Waals surface area contributed by atoms with Crippen molar-refractivity contribution in [2.45, 2.75) is 0 Å². The van der Waals surface area contributed by atoms with E-state index in [1.807, 2.05) is 0 Å². The van der Waals surface area contributed by atoms with Crippen LogP contribution in [0.15, 0.2) is 55.0 Å². The molecule has 0 saturated carbocycles. The number of ether oxygens (including phenoxy) is 1. The van der Waals surface area contributed by atoms with Crippen molar-refractivity contribution in [1.82, 2.24) is 25.8 Å². The number of hydrogen-bond acceptors (Lipinski definition) is 10. The number of nitrogens with zero attached hydrogens (tertiary/aromatic N) is 4. The number of aromatic nitrogens is 3. The average molecular weight is 424 g/mol. The zero-order valence-electron chi connectivity index (χ0n) is 16.0. The quantitative estimate of drug-likeness (QED) is 0.305. The van der Waals surface area contributed by atoms with Gasteiger partial charge >= 0.3 is 5.69 Å². The average Bonchev–Trinajstić information content (AvgIpc) is 2.81. The highest BCUT2D eigenvalue weighted by molar-refractivity contribution is 5.95. The van der Waals surface area contributed by atoms with Crippen LogP contribution < -0.4 is 26.4 Å². The molecule has 1 aromatic carbocycles. The Morgan fingerprint density at radius 3 is 2.13 bits per heavy atom. The van der Waals surface area contributed by atoms with E-state index >= 15 is 0 Å². The lowest BCUT2D eigenvalue weighted by Gasteiger charge is -2.11. The summed E-state index contributed by atoms with van der Waals surface area (Å²) in [6.45, 7) is 0.